The zero-order valence-corrected chi connectivity index (χ0v) is 14.7. The van der Waals surface area contributed by atoms with Crippen LogP contribution in [0.1, 0.15) is 33.9 Å². The Morgan fingerprint density at radius 3 is 2.92 bits per heavy atom. The van der Waals surface area contributed by atoms with E-state index in [2.05, 4.69) is 34.5 Å². The topological polar surface area (TPSA) is 74.9 Å². The Hall–Kier alpha value is -2.15. The first-order chi connectivity index (χ1) is 12.7. The minimum Gasteiger partial charge on any atom is -0.455 e. The molecule has 0 aliphatic carbocycles. The lowest BCUT2D eigenvalue weighted by Crippen LogP contribution is -2.49. The maximum Gasteiger partial charge on any atom is 0.287 e. The first-order valence-electron chi connectivity index (χ1n) is 9.13. The Morgan fingerprint density at radius 1 is 1.23 bits per heavy atom. The van der Waals surface area contributed by atoms with E-state index in [1.54, 1.807) is 6.07 Å². The largest absolute Gasteiger partial charge is 0.455 e. The monoisotopic (exact) mass is 356 g/mol. The third-order valence-electron chi connectivity index (χ3n) is 5.11. The molecule has 2 atom stereocenters. The van der Waals surface area contributed by atoms with Gasteiger partial charge in [0.25, 0.3) is 5.91 Å². The average Bonchev–Trinajstić information content (AvgIpc) is 3.12. The van der Waals surface area contributed by atoms with Gasteiger partial charge in [-0.15, -0.1) is 0 Å². The van der Waals surface area contributed by atoms with Crippen LogP contribution in [0.5, 0.6) is 0 Å². The van der Waals surface area contributed by atoms with E-state index in [9.17, 15) is 9.90 Å². The van der Waals surface area contributed by atoms with Gasteiger partial charge >= 0.3 is 0 Å². The molecule has 6 nitrogen and oxygen atoms in total. The summed E-state index contributed by atoms with van der Waals surface area (Å²) in [6.45, 7) is 3.40. The number of carbonyl (C=O) groups excluding carboxylic acids is 1. The number of nitrogens with zero attached hydrogens (tertiary/aromatic N) is 1. The zero-order valence-electron chi connectivity index (χ0n) is 14.7. The summed E-state index contributed by atoms with van der Waals surface area (Å²) < 4.78 is 11.0. The fraction of sp³-hybridized carbons (Fsp3) is 0.450. The summed E-state index contributed by atoms with van der Waals surface area (Å²) in [5, 5.41) is 12.7. The first-order valence-corrected chi connectivity index (χ1v) is 9.13. The Kier molecular flexibility index (Phi) is 5.06. The van der Waals surface area contributed by atoms with Crippen LogP contribution in [0.3, 0.4) is 0 Å². The molecule has 0 saturated carbocycles. The van der Waals surface area contributed by atoms with Crippen molar-refractivity contribution in [3.63, 3.8) is 0 Å². The maximum absolute atomic E-state index is 12.3. The van der Waals surface area contributed by atoms with Gasteiger partial charge in [0.1, 0.15) is 5.76 Å². The highest BCUT2D eigenvalue weighted by Gasteiger charge is 2.26. The van der Waals surface area contributed by atoms with E-state index in [0.717, 1.165) is 25.3 Å². The summed E-state index contributed by atoms with van der Waals surface area (Å²) in [5.74, 6) is 0.736. The predicted molar refractivity (Wildman–Crippen MR) is 95.7 cm³/mol. The van der Waals surface area contributed by atoms with Gasteiger partial charge in [-0.3, -0.25) is 9.69 Å². The van der Waals surface area contributed by atoms with Crippen LogP contribution in [0, 0.1) is 0 Å². The van der Waals surface area contributed by atoms with Gasteiger partial charge < -0.3 is 19.6 Å². The highest BCUT2D eigenvalue weighted by atomic mass is 16.5. The second kappa shape index (κ2) is 7.61. The van der Waals surface area contributed by atoms with Crippen LogP contribution in [0.25, 0.3) is 0 Å². The van der Waals surface area contributed by atoms with Gasteiger partial charge in [0.2, 0.25) is 0 Å². The highest BCUT2D eigenvalue weighted by Crippen LogP contribution is 2.21. The molecule has 2 aromatic rings. The quantitative estimate of drug-likeness (QED) is 0.872. The minimum absolute atomic E-state index is 0.273. The van der Waals surface area contributed by atoms with Crippen molar-refractivity contribution in [2.45, 2.75) is 38.1 Å². The van der Waals surface area contributed by atoms with E-state index in [4.69, 9.17) is 9.15 Å². The number of ether oxygens (including phenoxy) is 1. The van der Waals surface area contributed by atoms with Gasteiger partial charge in [-0.1, -0.05) is 24.3 Å². The van der Waals surface area contributed by atoms with Gasteiger partial charge in [-0.25, -0.2) is 0 Å². The van der Waals surface area contributed by atoms with E-state index in [1.165, 1.54) is 11.1 Å². The van der Waals surface area contributed by atoms with E-state index >= 15 is 0 Å². The number of nitrogens with one attached hydrogen (secondary N) is 1. The molecular weight excluding hydrogens is 332 g/mol. The smallest absolute Gasteiger partial charge is 0.287 e. The number of rotatable bonds is 4. The lowest BCUT2D eigenvalue weighted by Gasteiger charge is -2.28. The second-order valence-corrected chi connectivity index (χ2v) is 7.01. The molecule has 2 aliphatic rings. The molecule has 0 unspecified atom stereocenters. The Labute approximate surface area is 152 Å². The summed E-state index contributed by atoms with van der Waals surface area (Å²) in [5.41, 5.74) is 2.77. The third kappa shape index (κ3) is 3.82. The molecule has 1 saturated heterocycles. The zero-order chi connectivity index (χ0) is 17.9. The molecule has 0 radical (unpaired) electrons. The molecule has 0 bridgehead atoms. The third-order valence-corrected chi connectivity index (χ3v) is 5.11. The number of benzene rings is 1. The standard InChI is InChI=1S/C20H24N2O4/c23-18-8-10-25-13-17(18)21-20(24)19-6-5-16(26-19)12-22-9-7-14-3-1-2-4-15(14)11-22/h1-6,17-18,23H,7-13H2,(H,21,24)/t17-,18-/m1/s1. The Morgan fingerprint density at radius 2 is 2.08 bits per heavy atom. The fourth-order valence-electron chi connectivity index (χ4n) is 3.60. The number of furan rings is 1. The van der Waals surface area contributed by atoms with Crippen molar-refractivity contribution in [3.05, 3.63) is 59.0 Å². The van der Waals surface area contributed by atoms with Gasteiger partial charge in [0.05, 0.1) is 25.3 Å². The van der Waals surface area contributed by atoms with Crippen molar-refractivity contribution in [2.75, 3.05) is 19.8 Å². The minimum atomic E-state index is -0.574. The predicted octanol–water partition coefficient (Wildman–Crippen LogP) is 1.72. The summed E-state index contributed by atoms with van der Waals surface area (Å²) in [4.78, 5) is 14.7. The van der Waals surface area contributed by atoms with Crippen LogP contribution in [0.2, 0.25) is 0 Å². The van der Waals surface area contributed by atoms with Crippen LogP contribution in [0.4, 0.5) is 0 Å². The summed E-state index contributed by atoms with van der Waals surface area (Å²) in [6, 6.07) is 11.7. The Bertz CT molecular complexity index is 773. The molecule has 2 aliphatic heterocycles. The molecule has 1 aromatic heterocycles. The molecule has 2 N–H and O–H groups in total. The number of aliphatic hydroxyl groups is 1. The van der Waals surface area contributed by atoms with Crippen LogP contribution >= 0.6 is 0 Å². The van der Waals surface area contributed by atoms with Crippen molar-refractivity contribution in [2.24, 2.45) is 0 Å². The van der Waals surface area contributed by atoms with Crippen molar-refractivity contribution >= 4 is 5.91 Å². The SMILES string of the molecule is O=C(N[C@@H]1COCC[C@H]1O)c1ccc(CN2CCc3ccccc3C2)o1. The van der Waals surface area contributed by atoms with Crippen LogP contribution in [-0.2, 0) is 24.2 Å². The molecule has 138 valence electrons. The number of fused-ring (bicyclic) bond motifs is 1. The lowest BCUT2D eigenvalue weighted by molar-refractivity contribution is -0.0143. The van der Waals surface area contributed by atoms with Crippen molar-refractivity contribution in [1.82, 2.24) is 10.2 Å². The lowest BCUT2D eigenvalue weighted by atomic mass is 10.00. The van der Waals surface area contributed by atoms with E-state index < -0.39 is 6.10 Å². The molecule has 1 fully saturated rings. The van der Waals surface area contributed by atoms with Crippen LogP contribution < -0.4 is 5.32 Å². The number of carbonyl (C=O) groups is 1. The van der Waals surface area contributed by atoms with Gasteiger partial charge in [-0.05, 0) is 36.1 Å². The summed E-state index contributed by atoms with van der Waals surface area (Å²) >= 11 is 0. The van der Waals surface area contributed by atoms with Crippen molar-refractivity contribution in [1.29, 1.82) is 0 Å². The van der Waals surface area contributed by atoms with Gasteiger partial charge in [0, 0.05) is 19.7 Å². The molecule has 6 heteroatoms. The average molecular weight is 356 g/mol. The molecule has 26 heavy (non-hydrogen) atoms. The van der Waals surface area contributed by atoms with Crippen molar-refractivity contribution < 1.29 is 19.1 Å². The van der Waals surface area contributed by atoms with E-state index in [0.29, 0.717) is 26.2 Å². The van der Waals surface area contributed by atoms with Crippen LogP contribution in [0.15, 0.2) is 40.8 Å². The molecule has 3 heterocycles. The number of amides is 1. The molecule has 1 aromatic carbocycles. The first kappa shape index (κ1) is 17.3. The Balaban J connectivity index is 1.35. The van der Waals surface area contributed by atoms with Gasteiger partial charge in [0.15, 0.2) is 5.76 Å². The second-order valence-electron chi connectivity index (χ2n) is 7.01. The van der Waals surface area contributed by atoms with Crippen molar-refractivity contribution in [3.8, 4) is 0 Å². The summed E-state index contributed by atoms with van der Waals surface area (Å²) in [7, 11) is 0. The molecular formula is C20H24N2O4. The molecule has 4 rings (SSSR count). The summed E-state index contributed by atoms with van der Waals surface area (Å²) in [6.07, 6.45) is 0.991. The number of hydrogen-bond acceptors (Lipinski definition) is 5. The fourth-order valence-corrected chi connectivity index (χ4v) is 3.60. The van der Waals surface area contributed by atoms with E-state index in [1.807, 2.05) is 6.07 Å². The molecule has 0 spiro atoms. The number of hydrogen-bond donors (Lipinski definition) is 2. The maximum atomic E-state index is 12.3. The van der Waals surface area contributed by atoms with Crippen LogP contribution in [-0.4, -0.2) is 47.8 Å². The molecule has 1 amide bonds. The normalized spacial score (nSPS) is 23.4. The number of aliphatic hydroxyl groups excluding tert-OH is 1. The highest BCUT2D eigenvalue weighted by molar-refractivity contribution is 5.91. The van der Waals surface area contributed by atoms with E-state index in [-0.39, 0.29) is 17.7 Å². The van der Waals surface area contributed by atoms with Gasteiger partial charge in [-0.2, -0.15) is 0 Å².